The van der Waals surface area contributed by atoms with Gasteiger partial charge in [-0.1, -0.05) is 25.0 Å². The molecule has 96 valence electrons. The monoisotopic (exact) mass is 251 g/mol. The summed E-state index contributed by atoms with van der Waals surface area (Å²) in [6.07, 6.45) is 0.196. The number of nitrogens with one attached hydrogen (secondary N) is 1. The topological polar surface area (TPSA) is 84.9 Å². The minimum atomic E-state index is -0.540. The van der Waals surface area contributed by atoms with Crippen LogP contribution in [0, 0.1) is 0 Å². The summed E-state index contributed by atoms with van der Waals surface area (Å²) in [5.41, 5.74) is 3.23. The highest BCUT2D eigenvalue weighted by Gasteiger charge is 2.23. The highest BCUT2D eigenvalue weighted by Crippen LogP contribution is 2.16. The molecule has 0 saturated carbocycles. The molecule has 2 radical (unpaired) electrons. The fraction of sp³-hybridized carbons (Fsp3) is 0.273. The van der Waals surface area contributed by atoms with E-state index in [9.17, 15) is 9.59 Å². The van der Waals surface area contributed by atoms with Gasteiger partial charge in [0.05, 0.1) is 19.8 Å². The number of rotatable bonds is 1. The van der Waals surface area contributed by atoms with Crippen LogP contribution in [0.15, 0.2) is 24.3 Å². The van der Waals surface area contributed by atoms with E-state index in [0.29, 0.717) is 5.56 Å². The molecule has 7 heteroatoms. The smallest absolute Gasteiger partial charge is 0.346 e. The first-order valence-corrected chi connectivity index (χ1v) is 5.07. The van der Waals surface area contributed by atoms with Crippen LogP contribution in [0.5, 0.6) is 0 Å². The van der Waals surface area contributed by atoms with E-state index >= 15 is 0 Å². The third kappa shape index (κ3) is 5.09. The zero-order valence-corrected chi connectivity index (χ0v) is 10.2. The van der Waals surface area contributed by atoms with Gasteiger partial charge in [-0.25, -0.2) is 10.1 Å². The first kappa shape index (κ1) is 16.3. The predicted molar refractivity (Wildman–Crippen MR) is 65.0 cm³/mol. The van der Waals surface area contributed by atoms with Crippen molar-refractivity contribution >= 4 is 19.8 Å². The second kappa shape index (κ2) is 9.35. The van der Waals surface area contributed by atoms with Crippen molar-refractivity contribution in [2.45, 2.75) is 13.2 Å². The molecule has 0 spiro atoms. The number of hydrogen-bond acceptors (Lipinski definition) is 6. The summed E-state index contributed by atoms with van der Waals surface area (Å²) >= 11 is 0. The summed E-state index contributed by atoms with van der Waals surface area (Å²) in [5, 5.41) is 7.26. The zero-order chi connectivity index (χ0) is 14.0. The average Bonchev–Trinajstić information content (AvgIpc) is 2.41. The third-order valence-corrected chi connectivity index (χ3v) is 1.87. The number of carbonyl (C=O) groups is 2. The molecule has 0 amide bonds. The molecule has 0 fully saturated rings. The van der Waals surface area contributed by atoms with E-state index in [2.05, 4.69) is 17.6 Å². The quantitative estimate of drug-likeness (QED) is 0.252. The van der Waals surface area contributed by atoms with Gasteiger partial charge in [0.1, 0.15) is 0 Å². The molecular weight excluding hydrogens is 237 g/mol. The summed E-state index contributed by atoms with van der Waals surface area (Å²) in [7, 11) is 5.96. The molecular formula is C11H14BNO5. The summed E-state index contributed by atoms with van der Waals surface area (Å²) in [6.45, 7) is 1.50. The van der Waals surface area contributed by atoms with Crippen molar-refractivity contribution in [3.63, 3.8) is 0 Å². The highest BCUT2D eigenvalue weighted by molar-refractivity contribution is 6.05. The van der Waals surface area contributed by atoms with Crippen LogP contribution in [0.2, 0.25) is 6.82 Å². The molecule has 0 atom stereocenters. The molecule has 0 unspecified atom stereocenters. The van der Waals surface area contributed by atoms with Crippen LogP contribution in [0.3, 0.4) is 0 Å². The molecule has 2 rings (SSSR count). The molecule has 0 bridgehead atoms. The molecule has 0 saturated heterocycles. The number of hydrogen-bond donors (Lipinski definition) is 2. The van der Waals surface area contributed by atoms with Gasteiger partial charge < -0.3 is 4.74 Å². The standard InChI is InChI=1S/C9H6O3.CH3B.CH5NO2/c10-8-5-6-3-1-2-4-7(6)9(11)12-8;1-2;1-2-4-3/h1-4H,5H2;1H3;2-3H,1H3. The van der Waals surface area contributed by atoms with Crippen molar-refractivity contribution in [1.82, 2.24) is 5.48 Å². The van der Waals surface area contributed by atoms with Gasteiger partial charge in [-0.3, -0.25) is 4.79 Å². The third-order valence-electron chi connectivity index (χ3n) is 1.87. The predicted octanol–water partition coefficient (Wildman–Crippen LogP) is 0.739. The molecule has 1 aliphatic rings. The molecule has 1 aliphatic heterocycles. The van der Waals surface area contributed by atoms with E-state index in [4.69, 9.17) is 5.26 Å². The van der Waals surface area contributed by atoms with Crippen LogP contribution in [0.25, 0.3) is 0 Å². The minimum Gasteiger partial charge on any atom is -0.389 e. The van der Waals surface area contributed by atoms with Crippen molar-refractivity contribution in [2.24, 2.45) is 0 Å². The molecule has 1 heterocycles. The Morgan fingerprint density at radius 1 is 1.33 bits per heavy atom. The van der Waals surface area contributed by atoms with Gasteiger partial charge in [-0.2, -0.15) is 5.48 Å². The van der Waals surface area contributed by atoms with Gasteiger partial charge >= 0.3 is 11.9 Å². The lowest BCUT2D eigenvalue weighted by Crippen LogP contribution is -2.22. The van der Waals surface area contributed by atoms with Crippen LogP contribution < -0.4 is 5.48 Å². The Balaban J connectivity index is 0.000000415. The molecule has 0 aliphatic carbocycles. The fourth-order valence-corrected chi connectivity index (χ4v) is 1.22. The van der Waals surface area contributed by atoms with E-state index in [-0.39, 0.29) is 6.42 Å². The van der Waals surface area contributed by atoms with Gasteiger partial charge in [0.15, 0.2) is 0 Å². The average molecular weight is 251 g/mol. The molecule has 1 aromatic rings. The first-order valence-electron chi connectivity index (χ1n) is 5.07. The second-order valence-corrected chi connectivity index (χ2v) is 2.89. The van der Waals surface area contributed by atoms with Crippen LogP contribution in [0.4, 0.5) is 0 Å². The lowest BCUT2D eigenvalue weighted by Gasteiger charge is -2.12. The molecule has 0 aromatic heterocycles. The Labute approximate surface area is 106 Å². The van der Waals surface area contributed by atoms with E-state index in [1.807, 2.05) is 5.48 Å². The van der Waals surface area contributed by atoms with Crippen LogP contribution in [0.1, 0.15) is 15.9 Å². The molecule has 2 N–H and O–H groups in total. The Morgan fingerprint density at radius 2 is 1.89 bits per heavy atom. The number of fused-ring (bicyclic) bond motifs is 1. The normalized spacial score (nSPS) is 12.2. The van der Waals surface area contributed by atoms with Gasteiger partial charge in [-0.05, 0) is 11.6 Å². The Hall–Kier alpha value is -1.70. The van der Waals surface area contributed by atoms with Gasteiger partial charge in [0.2, 0.25) is 0 Å². The van der Waals surface area contributed by atoms with Crippen LogP contribution >= 0.6 is 0 Å². The number of carbonyl (C=O) groups excluding carboxylic acids is 2. The molecule has 1 aromatic carbocycles. The number of ether oxygens (including phenoxy) is 1. The summed E-state index contributed by atoms with van der Waals surface area (Å²) < 4.78 is 4.43. The summed E-state index contributed by atoms with van der Waals surface area (Å²) in [4.78, 5) is 25.1. The Morgan fingerprint density at radius 3 is 2.44 bits per heavy atom. The maximum atomic E-state index is 11.1. The van der Waals surface area contributed by atoms with Crippen molar-refractivity contribution in [3.8, 4) is 0 Å². The molecule has 18 heavy (non-hydrogen) atoms. The second-order valence-electron chi connectivity index (χ2n) is 2.89. The lowest BCUT2D eigenvalue weighted by atomic mass is 10.0. The van der Waals surface area contributed by atoms with Crippen LogP contribution in [-0.2, 0) is 20.9 Å². The van der Waals surface area contributed by atoms with Crippen molar-refractivity contribution in [3.05, 3.63) is 35.4 Å². The largest absolute Gasteiger partial charge is 0.389 e. The Kier molecular flexibility index (Phi) is 8.47. The van der Waals surface area contributed by atoms with Gasteiger partial charge in [-0.15, -0.1) is 4.99 Å². The summed E-state index contributed by atoms with van der Waals surface area (Å²) in [5.74, 6) is -1.01. The van der Waals surface area contributed by atoms with E-state index < -0.39 is 11.9 Å². The maximum Gasteiger partial charge on any atom is 0.346 e. The van der Waals surface area contributed by atoms with Crippen LogP contribution in [-0.4, -0.2) is 32.1 Å². The fourth-order valence-electron chi connectivity index (χ4n) is 1.22. The Bertz CT molecular complexity index is 395. The molecule has 6 nitrogen and oxygen atoms in total. The number of benzene rings is 1. The number of esters is 2. The number of hydroxylamine groups is 1. The van der Waals surface area contributed by atoms with E-state index in [1.54, 1.807) is 24.3 Å². The van der Waals surface area contributed by atoms with Crippen molar-refractivity contribution in [1.29, 1.82) is 0 Å². The maximum absolute atomic E-state index is 11.1. The van der Waals surface area contributed by atoms with E-state index in [0.717, 1.165) is 5.56 Å². The van der Waals surface area contributed by atoms with Crippen molar-refractivity contribution in [2.75, 3.05) is 7.05 Å². The first-order chi connectivity index (χ1) is 8.69. The minimum absolute atomic E-state index is 0.196. The van der Waals surface area contributed by atoms with Gasteiger partial charge in [0.25, 0.3) is 0 Å². The lowest BCUT2D eigenvalue weighted by molar-refractivity contribution is -0.285. The SMILES string of the molecule is CNOO.O=C1Cc2ccccc2C(=O)O1.[B]C. The highest BCUT2D eigenvalue weighted by atomic mass is 17.2. The van der Waals surface area contributed by atoms with Crippen molar-refractivity contribution < 1.29 is 24.6 Å². The summed E-state index contributed by atoms with van der Waals surface area (Å²) in [6, 6.07) is 6.96. The van der Waals surface area contributed by atoms with E-state index in [1.165, 1.54) is 13.9 Å². The van der Waals surface area contributed by atoms with Gasteiger partial charge in [0, 0.05) is 7.05 Å². The zero-order valence-electron chi connectivity index (χ0n) is 10.2. The number of cyclic esters (lactones) is 2.